The molecule has 0 atom stereocenters. The number of ether oxygens (including phenoxy) is 1. The Balaban J connectivity index is 1.73. The first-order chi connectivity index (χ1) is 13.6. The quantitative estimate of drug-likeness (QED) is 0.511. The summed E-state index contributed by atoms with van der Waals surface area (Å²) in [5.74, 6) is 1.78. The van der Waals surface area contributed by atoms with Crippen LogP contribution in [0.25, 0.3) is 28.1 Å². The Bertz CT molecular complexity index is 1180. The molecule has 0 aliphatic rings. The zero-order chi connectivity index (χ0) is 19.7. The van der Waals surface area contributed by atoms with Gasteiger partial charge in [-0.25, -0.2) is 4.98 Å². The van der Waals surface area contributed by atoms with Gasteiger partial charge in [-0.15, -0.1) is 5.10 Å². The molecule has 3 heterocycles. The van der Waals surface area contributed by atoms with Crippen LogP contribution in [0.5, 0.6) is 5.75 Å². The van der Waals surface area contributed by atoms with Gasteiger partial charge in [0.25, 0.3) is 11.3 Å². The highest BCUT2D eigenvalue weighted by Crippen LogP contribution is 2.21. The summed E-state index contributed by atoms with van der Waals surface area (Å²) in [5, 5.41) is 5.10. The van der Waals surface area contributed by atoms with Crippen molar-refractivity contribution in [1.29, 1.82) is 0 Å². The fourth-order valence-electron chi connectivity index (χ4n) is 3.16. The van der Waals surface area contributed by atoms with Crippen LogP contribution < -0.4 is 10.3 Å². The summed E-state index contributed by atoms with van der Waals surface area (Å²) in [6.07, 6.45) is 4.30. The van der Waals surface area contributed by atoms with Gasteiger partial charge in [0.05, 0.1) is 18.0 Å². The summed E-state index contributed by atoms with van der Waals surface area (Å²) in [6.45, 7) is 1.59. The van der Waals surface area contributed by atoms with E-state index in [4.69, 9.17) is 4.74 Å². The minimum Gasteiger partial charge on any atom is -0.497 e. The smallest absolute Gasteiger partial charge is 0.261 e. The third-order valence-corrected chi connectivity index (χ3v) is 4.66. The van der Waals surface area contributed by atoms with Crippen LogP contribution in [0.4, 0.5) is 0 Å². The van der Waals surface area contributed by atoms with Crippen LogP contribution in [-0.2, 0) is 6.54 Å². The van der Waals surface area contributed by atoms with Gasteiger partial charge < -0.3 is 14.2 Å². The molecule has 0 aliphatic carbocycles. The molecule has 3 aromatic heterocycles. The number of fused-ring (bicyclic) bond motifs is 3. The summed E-state index contributed by atoms with van der Waals surface area (Å²) in [7, 11) is 5.67. The molecule has 4 aromatic rings. The van der Waals surface area contributed by atoms with E-state index in [1.54, 1.807) is 22.4 Å². The number of rotatable bonds is 6. The Morgan fingerprint density at radius 1 is 1.14 bits per heavy atom. The Morgan fingerprint density at radius 2 is 1.93 bits per heavy atom. The molecule has 0 saturated carbocycles. The summed E-state index contributed by atoms with van der Waals surface area (Å²) in [4.78, 5) is 23.8. The number of hydrogen-bond donors (Lipinski definition) is 0. The number of nitrogens with zero attached hydrogens (tertiary/aromatic N) is 6. The number of aromatic nitrogens is 5. The predicted molar refractivity (Wildman–Crippen MR) is 108 cm³/mol. The van der Waals surface area contributed by atoms with Gasteiger partial charge in [0.2, 0.25) is 0 Å². The Hall–Kier alpha value is -3.26. The molecule has 0 aliphatic heterocycles. The first kappa shape index (κ1) is 18.1. The van der Waals surface area contributed by atoms with Crippen molar-refractivity contribution in [3.63, 3.8) is 0 Å². The van der Waals surface area contributed by atoms with Gasteiger partial charge in [0.1, 0.15) is 5.75 Å². The molecule has 0 spiro atoms. The van der Waals surface area contributed by atoms with Gasteiger partial charge in [-0.3, -0.25) is 4.79 Å². The highest BCUT2D eigenvalue weighted by Gasteiger charge is 2.12. The lowest BCUT2D eigenvalue weighted by atomic mass is 10.2. The molecule has 144 valence electrons. The van der Waals surface area contributed by atoms with Crippen LogP contribution >= 0.6 is 0 Å². The zero-order valence-corrected chi connectivity index (χ0v) is 16.2. The van der Waals surface area contributed by atoms with Crippen molar-refractivity contribution in [1.82, 2.24) is 29.0 Å². The van der Waals surface area contributed by atoms with Crippen molar-refractivity contribution in [3.8, 4) is 17.1 Å². The summed E-state index contributed by atoms with van der Waals surface area (Å²) >= 11 is 0. The third-order valence-electron chi connectivity index (χ3n) is 4.66. The number of benzene rings is 1. The van der Waals surface area contributed by atoms with Gasteiger partial charge in [-0.1, -0.05) is 0 Å². The van der Waals surface area contributed by atoms with Crippen LogP contribution in [0.3, 0.4) is 0 Å². The van der Waals surface area contributed by atoms with Gasteiger partial charge in [-0.05, 0) is 57.4 Å². The molecular weight excluding hydrogens is 356 g/mol. The average molecular weight is 378 g/mol. The molecule has 0 bridgehead atoms. The molecular formula is C20H22N6O2. The van der Waals surface area contributed by atoms with E-state index in [-0.39, 0.29) is 5.56 Å². The van der Waals surface area contributed by atoms with Crippen molar-refractivity contribution in [3.05, 3.63) is 53.1 Å². The molecule has 4 rings (SSSR count). The number of aryl methyl sites for hydroxylation is 1. The molecule has 8 nitrogen and oxygen atoms in total. The maximum Gasteiger partial charge on any atom is 0.261 e. The number of methoxy groups -OCH3 is 1. The first-order valence-corrected chi connectivity index (χ1v) is 9.11. The zero-order valence-electron chi connectivity index (χ0n) is 16.2. The fraction of sp³-hybridized carbons (Fsp3) is 0.300. The minimum atomic E-state index is -0.0628. The highest BCUT2D eigenvalue weighted by atomic mass is 16.5. The standard InChI is InChI=1S/C20H22N6O2/c1-24(2)10-4-11-25-12-9-17-16(19(25)27)13-21-20-22-18(23-26(17)20)14-5-7-15(28-3)8-6-14/h5-9,12-13H,4,10-11H2,1-3H3. The lowest BCUT2D eigenvalue weighted by Gasteiger charge is -2.11. The minimum absolute atomic E-state index is 0.0628. The predicted octanol–water partition coefficient (Wildman–Crippen LogP) is 2.07. The molecule has 8 heteroatoms. The maximum absolute atomic E-state index is 12.8. The second-order valence-corrected chi connectivity index (χ2v) is 6.90. The third kappa shape index (κ3) is 3.34. The lowest BCUT2D eigenvalue weighted by Crippen LogP contribution is -2.23. The lowest BCUT2D eigenvalue weighted by molar-refractivity contribution is 0.385. The molecule has 0 saturated heterocycles. The van der Waals surface area contributed by atoms with Crippen LogP contribution in [0.1, 0.15) is 6.42 Å². The number of pyridine rings is 1. The van der Waals surface area contributed by atoms with Crippen molar-refractivity contribution in [2.75, 3.05) is 27.7 Å². The Labute approximate surface area is 162 Å². The van der Waals surface area contributed by atoms with E-state index in [9.17, 15) is 4.79 Å². The van der Waals surface area contributed by atoms with Crippen LogP contribution in [-0.4, -0.2) is 56.8 Å². The monoisotopic (exact) mass is 378 g/mol. The van der Waals surface area contributed by atoms with E-state index in [0.29, 0.717) is 29.0 Å². The van der Waals surface area contributed by atoms with Crippen molar-refractivity contribution < 1.29 is 4.74 Å². The number of hydrogen-bond acceptors (Lipinski definition) is 6. The maximum atomic E-state index is 12.8. The molecule has 0 N–H and O–H groups in total. The SMILES string of the molecule is COc1ccc(-c2nc3ncc4c(=O)n(CCCN(C)C)ccc4n3n2)cc1. The summed E-state index contributed by atoms with van der Waals surface area (Å²) in [5.41, 5.74) is 1.50. The average Bonchev–Trinajstić information content (AvgIpc) is 3.14. The topological polar surface area (TPSA) is 77.6 Å². The van der Waals surface area contributed by atoms with E-state index in [1.165, 1.54) is 0 Å². The van der Waals surface area contributed by atoms with E-state index in [1.807, 2.05) is 50.6 Å². The molecule has 0 fully saturated rings. The van der Waals surface area contributed by atoms with Gasteiger partial charge >= 0.3 is 0 Å². The molecule has 0 radical (unpaired) electrons. The van der Waals surface area contributed by atoms with Crippen LogP contribution in [0.15, 0.2) is 47.5 Å². The van der Waals surface area contributed by atoms with Gasteiger partial charge in [0.15, 0.2) is 5.82 Å². The van der Waals surface area contributed by atoms with Gasteiger partial charge in [-0.2, -0.15) is 9.50 Å². The van der Waals surface area contributed by atoms with E-state index < -0.39 is 0 Å². The van der Waals surface area contributed by atoms with Crippen molar-refractivity contribution in [2.45, 2.75) is 13.0 Å². The van der Waals surface area contributed by atoms with Crippen LogP contribution in [0.2, 0.25) is 0 Å². The second-order valence-electron chi connectivity index (χ2n) is 6.90. The largest absolute Gasteiger partial charge is 0.497 e. The highest BCUT2D eigenvalue weighted by molar-refractivity contribution is 5.79. The van der Waals surface area contributed by atoms with Crippen LogP contribution in [0, 0.1) is 0 Å². The molecule has 28 heavy (non-hydrogen) atoms. The molecule has 0 unspecified atom stereocenters. The fourth-order valence-corrected chi connectivity index (χ4v) is 3.16. The normalized spacial score (nSPS) is 11.6. The van der Waals surface area contributed by atoms with E-state index in [0.717, 1.165) is 24.3 Å². The summed E-state index contributed by atoms with van der Waals surface area (Å²) in [6, 6.07) is 9.41. The first-order valence-electron chi connectivity index (χ1n) is 9.11. The molecule has 0 amide bonds. The van der Waals surface area contributed by atoms with Gasteiger partial charge in [0, 0.05) is 24.5 Å². The van der Waals surface area contributed by atoms with Crippen molar-refractivity contribution in [2.24, 2.45) is 0 Å². The van der Waals surface area contributed by atoms with Crippen molar-refractivity contribution >= 4 is 16.7 Å². The summed E-state index contributed by atoms with van der Waals surface area (Å²) < 4.78 is 8.54. The van der Waals surface area contributed by atoms with E-state index >= 15 is 0 Å². The van der Waals surface area contributed by atoms with E-state index in [2.05, 4.69) is 20.0 Å². The Kier molecular flexibility index (Phi) is 4.79. The molecule has 1 aromatic carbocycles. The second kappa shape index (κ2) is 7.40. The Morgan fingerprint density at radius 3 is 2.64 bits per heavy atom.